The summed E-state index contributed by atoms with van der Waals surface area (Å²) in [6.45, 7) is 3.75. The highest BCUT2D eigenvalue weighted by Gasteiger charge is 2.14. The molecule has 6 nitrogen and oxygen atoms in total. The van der Waals surface area contributed by atoms with Crippen molar-refractivity contribution in [3.63, 3.8) is 0 Å². The maximum absolute atomic E-state index is 12.3. The number of nitrogens with two attached hydrogens (primary N) is 1. The number of amides is 1. The van der Waals surface area contributed by atoms with Crippen LogP contribution in [0.2, 0.25) is 0 Å². The van der Waals surface area contributed by atoms with Crippen LogP contribution in [0.5, 0.6) is 0 Å². The maximum Gasteiger partial charge on any atom is 0.238 e. The lowest BCUT2D eigenvalue weighted by atomic mass is 10.1. The Morgan fingerprint density at radius 1 is 1.18 bits per heavy atom. The van der Waals surface area contributed by atoms with Crippen molar-refractivity contribution in [2.45, 2.75) is 31.6 Å². The number of aryl methyl sites for hydroxylation is 2. The Bertz CT molecular complexity index is 1100. The summed E-state index contributed by atoms with van der Waals surface area (Å²) in [6.07, 6.45) is 1.08. The van der Waals surface area contributed by atoms with Crippen molar-refractivity contribution in [2.75, 3.05) is 5.32 Å². The first-order valence-corrected chi connectivity index (χ1v) is 11.2. The fourth-order valence-corrected chi connectivity index (χ4v) is 4.39. The second-order valence-corrected chi connectivity index (χ2v) is 8.83. The molecule has 0 saturated carbocycles. The molecule has 3 rings (SSSR count). The van der Waals surface area contributed by atoms with Crippen LogP contribution in [0.15, 0.2) is 52.7 Å². The van der Waals surface area contributed by atoms with E-state index in [1.54, 1.807) is 19.1 Å². The molecule has 3 aromatic rings. The van der Waals surface area contributed by atoms with E-state index in [2.05, 4.69) is 29.4 Å². The smallest absolute Gasteiger partial charge is 0.238 e. The van der Waals surface area contributed by atoms with E-state index in [4.69, 9.17) is 5.14 Å². The zero-order valence-electron chi connectivity index (χ0n) is 15.6. The molecular formula is C20H21N3O3S2. The summed E-state index contributed by atoms with van der Waals surface area (Å²) >= 11 is 1.49. The number of nitrogens with zero attached hydrogens (tertiary/aromatic N) is 1. The standard InChI is InChI=1S/C20H21N3O3S2/c1-3-14-5-7-15(8-6-14)20-23-17(12-27-20)11-19(24)22-16-9-4-13(2)18(10-16)28(21,25)26/h4-10,12H,3,11H2,1-2H3,(H,22,24)(H2,21,25,26). The normalized spacial score (nSPS) is 11.4. The highest BCUT2D eigenvalue weighted by Crippen LogP contribution is 2.25. The summed E-state index contributed by atoms with van der Waals surface area (Å²) in [5.41, 5.74) is 3.85. The van der Waals surface area contributed by atoms with Crippen molar-refractivity contribution in [1.82, 2.24) is 4.98 Å². The Morgan fingerprint density at radius 2 is 1.89 bits per heavy atom. The highest BCUT2D eigenvalue weighted by molar-refractivity contribution is 7.89. The van der Waals surface area contributed by atoms with E-state index in [0.29, 0.717) is 16.9 Å². The van der Waals surface area contributed by atoms with Crippen LogP contribution in [0.3, 0.4) is 0 Å². The lowest BCUT2D eigenvalue weighted by molar-refractivity contribution is -0.115. The molecule has 1 amide bonds. The number of carbonyl (C=O) groups is 1. The molecule has 1 aromatic heterocycles. The van der Waals surface area contributed by atoms with Gasteiger partial charge in [0.05, 0.1) is 17.0 Å². The summed E-state index contributed by atoms with van der Waals surface area (Å²) in [5, 5.41) is 10.6. The molecule has 2 aromatic carbocycles. The molecule has 0 atom stereocenters. The van der Waals surface area contributed by atoms with E-state index in [1.165, 1.54) is 23.0 Å². The van der Waals surface area contributed by atoms with E-state index in [9.17, 15) is 13.2 Å². The Kier molecular flexibility index (Phi) is 5.93. The molecule has 8 heteroatoms. The van der Waals surface area contributed by atoms with Crippen LogP contribution in [-0.2, 0) is 27.7 Å². The average Bonchev–Trinajstić information content (AvgIpc) is 3.10. The molecule has 146 valence electrons. The van der Waals surface area contributed by atoms with Crippen molar-refractivity contribution in [1.29, 1.82) is 0 Å². The molecule has 0 aliphatic rings. The van der Waals surface area contributed by atoms with E-state index in [0.717, 1.165) is 17.0 Å². The van der Waals surface area contributed by atoms with Gasteiger partial charge in [0, 0.05) is 16.6 Å². The number of sulfonamides is 1. The number of rotatable bonds is 6. The molecule has 0 saturated heterocycles. The van der Waals surface area contributed by atoms with Crippen molar-refractivity contribution >= 4 is 33.0 Å². The van der Waals surface area contributed by atoms with Crippen LogP contribution in [0.1, 0.15) is 23.7 Å². The minimum absolute atomic E-state index is 0.00299. The summed E-state index contributed by atoms with van der Waals surface area (Å²) < 4.78 is 23.2. The second kappa shape index (κ2) is 8.22. The number of hydrogen-bond donors (Lipinski definition) is 2. The van der Waals surface area contributed by atoms with E-state index >= 15 is 0 Å². The van der Waals surface area contributed by atoms with Crippen LogP contribution >= 0.6 is 11.3 Å². The van der Waals surface area contributed by atoms with E-state index in [1.807, 2.05) is 17.5 Å². The van der Waals surface area contributed by atoms with Gasteiger partial charge in [-0.15, -0.1) is 11.3 Å². The Balaban J connectivity index is 1.70. The van der Waals surface area contributed by atoms with Crippen molar-refractivity contribution in [2.24, 2.45) is 5.14 Å². The third-order valence-electron chi connectivity index (χ3n) is 4.28. The van der Waals surface area contributed by atoms with Gasteiger partial charge >= 0.3 is 0 Å². The Morgan fingerprint density at radius 3 is 2.54 bits per heavy atom. The molecule has 1 heterocycles. The molecule has 0 radical (unpaired) electrons. The largest absolute Gasteiger partial charge is 0.326 e. The van der Waals surface area contributed by atoms with Gasteiger partial charge in [0.25, 0.3) is 0 Å². The predicted molar refractivity (Wildman–Crippen MR) is 112 cm³/mol. The monoisotopic (exact) mass is 415 g/mol. The van der Waals surface area contributed by atoms with Crippen LogP contribution in [0, 0.1) is 6.92 Å². The van der Waals surface area contributed by atoms with Crippen LogP contribution in [0.25, 0.3) is 10.6 Å². The summed E-state index contributed by atoms with van der Waals surface area (Å²) in [6, 6.07) is 12.8. The lowest BCUT2D eigenvalue weighted by Gasteiger charge is -2.08. The SMILES string of the molecule is CCc1ccc(-c2nc(CC(=O)Nc3ccc(C)c(S(N)(=O)=O)c3)cs2)cc1. The first kappa shape index (κ1) is 20.2. The predicted octanol–water partition coefficient (Wildman–Crippen LogP) is 3.51. The second-order valence-electron chi connectivity index (χ2n) is 6.44. The molecule has 0 spiro atoms. The van der Waals surface area contributed by atoms with Gasteiger partial charge in [-0.1, -0.05) is 37.3 Å². The van der Waals surface area contributed by atoms with Gasteiger partial charge in [-0.25, -0.2) is 18.5 Å². The quantitative estimate of drug-likeness (QED) is 0.643. The minimum atomic E-state index is -3.85. The van der Waals surface area contributed by atoms with Crippen LogP contribution < -0.4 is 10.5 Å². The summed E-state index contributed by atoms with van der Waals surface area (Å²) in [7, 11) is -3.85. The fraction of sp³-hybridized carbons (Fsp3) is 0.200. The van der Waals surface area contributed by atoms with Gasteiger partial charge in [-0.3, -0.25) is 4.79 Å². The number of thiazole rings is 1. The maximum atomic E-state index is 12.3. The first-order valence-electron chi connectivity index (χ1n) is 8.73. The first-order chi connectivity index (χ1) is 13.3. The number of benzene rings is 2. The van der Waals surface area contributed by atoms with Gasteiger partial charge in [-0.2, -0.15) is 0 Å². The highest BCUT2D eigenvalue weighted by atomic mass is 32.2. The van der Waals surface area contributed by atoms with Gasteiger partial charge in [0.2, 0.25) is 15.9 Å². The topological polar surface area (TPSA) is 102 Å². The van der Waals surface area contributed by atoms with Crippen molar-refractivity contribution in [3.05, 3.63) is 64.7 Å². The number of hydrogen-bond acceptors (Lipinski definition) is 5. The molecule has 0 bridgehead atoms. The number of aromatic nitrogens is 1. The van der Waals surface area contributed by atoms with Gasteiger partial charge in [0.1, 0.15) is 5.01 Å². The summed E-state index contributed by atoms with van der Waals surface area (Å²) in [4.78, 5) is 16.9. The molecule has 28 heavy (non-hydrogen) atoms. The average molecular weight is 416 g/mol. The van der Waals surface area contributed by atoms with Crippen molar-refractivity contribution < 1.29 is 13.2 Å². The van der Waals surface area contributed by atoms with Crippen LogP contribution in [0.4, 0.5) is 5.69 Å². The third kappa shape index (κ3) is 4.83. The third-order valence-corrected chi connectivity index (χ3v) is 6.27. The molecule has 0 aliphatic carbocycles. The zero-order chi connectivity index (χ0) is 20.3. The molecule has 0 fully saturated rings. The fourth-order valence-electron chi connectivity index (χ4n) is 2.76. The van der Waals surface area contributed by atoms with Gasteiger partial charge in [0.15, 0.2) is 0 Å². The molecule has 0 aliphatic heterocycles. The molecule has 3 N–H and O–H groups in total. The van der Waals surface area contributed by atoms with E-state index < -0.39 is 10.0 Å². The van der Waals surface area contributed by atoms with E-state index in [-0.39, 0.29) is 17.2 Å². The Hall–Kier alpha value is -2.55. The van der Waals surface area contributed by atoms with Crippen LogP contribution in [-0.4, -0.2) is 19.3 Å². The van der Waals surface area contributed by atoms with Gasteiger partial charge < -0.3 is 5.32 Å². The number of carbonyl (C=O) groups excluding carboxylic acids is 1. The molecule has 0 unspecified atom stereocenters. The number of nitrogens with one attached hydrogen (secondary N) is 1. The zero-order valence-corrected chi connectivity index (χ0v) is 17.2. The van der Waals surface area contributed by atoms with Crippen molar-refractivity contribution in [3.8, 4) is 10.6 Å². The Labute approximate surface area is 168 Å². The molecular weight excluding hydrogens is 394 g/mol. The number of primary sulfonamides is 1. The minimum Gasteiger partial charge on any atom is -0.326 e. The lowest BCUT2D eigenvalue weighted by Crippen LogP contribution is -2.17. The summed E-state index contributed by atoms with van der Waals surface area (Å²) in [5.74, 6) is -0.276. The number of anilines is 1. The van der Waals surface area contributed by atoms with Gasteiger partial charge in [-0.05, 0) is 36.6 Å².